The van der Waals surface area contributed by atoms with Gasteiger partial charge in [0.1, 0.15) is 5.82 Å². The molecule has 1 N–H and O–H groups in total. The van der Waals surface area contributed by atoms with Gasteiger partial charge in [0.25, 0.3) is 11.5 Å². The fraction of sp³-hybridized carbons (Fsp3) is 0.644. The van der Waals surface area contributed by atoms with Crippen molar-refractivity contribution in [2.45, 2.75) is 116 Å². The van der Waals surface area contributed by atoms with E-state index in [4.69, 9.17) is 4.74 Å². The number of nitrogens with one attached hydrogen (secondary N) is 1. The highest BCUT2D eigenvalue weighted by atomic mass is 19.3. The molecule has 2 amide bonds. The average Bonchev–Trinajstić information content (AvgIpc) is 3.53. The van der Waals surface area contributed by atoms with Crippen LogP contribution in [0.25, 0.3) is 10.8 Å². The van der Waals surface area contributed by atoms with E-state index >= 15 is 0 Å². The first-order valence-electron chi connectivity index (χ1n) is 21.2. The minimum absolute atomic E-state index is 0.0105. The number of nitrogens with zero attached hydrogens (tertiary/aromatic N) is 3. The highest BCUT2D eigenvalue weighted by Crippen LogP contribution is 2.67. The Morgan fingerprint density at radius 2 is 1.61 bits per heavy atom. The minimum atomic E-state index is -2.49. The highest BCUT2D eigenvalue weighted by Gasteiger charge is 2.62. The van der Waals surface area contributed by atoms with Gasteiger partial charge in [-0.25, -0.2) is 18.3 Å². The first kappa shape index (κ1) is 39.1. The van der Waals surface area contributed by atoms with Crippen molar-refractivity contribution in [2.75, 3.05) is 32.8 Å². The molecule has 1 aromatic heterocycles. The largest absolute Gasteiger partial charge is 0.378 e. The molecule has 0 spiro atoms. The highest BCUT2D eigenvalue weighted by molar-refractivity contribution is 5.95. The van der Waals surface area contributed by atoms with Gasteiger partial charge >= 0.3 is 0 Å². The van der Waals surface area contributed by atoms with Crippen molar-refractivity contribution in [1.29, 1.82) is 0 Å². The van der Waals surface area contributed by atoms with E-state index in [9.17, 15) is 27.6 Å². The van der Waals surface area contributed by atoms with Crippen molar-refractivity contribution in [3.63, 3.8) is 0 Å². The second-order valence-corrected chi connectivity index (χ2v) is 18.2. The van der Waals surface area contributed by atoms with Crippen LogP contribution in [0.1, 0.15) is 119 Å². The molecular formula is C45H57F3N4O4. The molecule has 4 saturated carbocycles. The van der Waals surface area contributed by atoms with Crippen LogP contribution < -0.4 is 5.56 Å². The van der Waals surface area contributed by atoms with Gasteiger partial charge in [-0.05, 0) is 116 Å². The van der Waals surface area contributed by atoms with Crippen LogP contribution in [-0.4, -0.2) is 76.6 Å². The lowest BCUT2D eigenvalue weighted by molar-refractivity contribution is -0.169. The summed E-state index contributed by atoms with van der Waals surface area (Å²) in [7, 11) is 0. The zero-order valence-corrected chi connectivity index (χ0v) is 33.0. The van der Waals surface area contributed by atoms with Gasteiger partial charge in [0.05, 0.1) is 22.7 Å². The van der Waals surface area contributed by atoms with E-state index < -0.39 is 17.6 Å². The number of fused-ring (bicyclic) bond motifs is 6. The molecular weight excluding hydrogens is 718 g/mol. The minimum Gasteiger partial charge on any atom is -0.378 e. The van der Waals surface area contributed by atoms with Crippen LogP contribution in [0.5, 0.6) is 0 Å². The summed E-state index contributed by atoms with van der Waals surface area (Å²) in [6.07, 6.45) is 11.0. The summed E-state index contributed by atoms with van der Waals surface area (Å²) in [5.41, 5.74) is 1.27. The van der Waals surface area contributed by atoms with Crippen LogP contribution in [0.4, 0.5) is 13.2 Å². The Morgan fingerprint density at radius 1 is 0.857 bits per heavy atom. The molecule has 2 aromatic carbocycles. The lowest BCUT2D eigenvalue weighted by Gasteiger charge is -2.61. The van der Waals surface area contributed by atoms with Gasteiger partial charge in [-0.3, -0.25) is 14.4 Å². The molecule has 302 valence electrons. The molecule has 11 heteroatoms. The molecule has 1 saturated heterocycles. The van der Waals surface area contributed by atoms with Gasteiger partial charge in [-0.15, -0.1) is 0 Å². The van der Waals surface area contributed by atoms with Crippen molar-refractivity contribution < 1.29 is 27.5 Å². The smallest absolute Gasteiger partial charge is 0.272 e. The molecule has 8 nitrogen and oxygen atoms in total. The average molecular weight is 775 g/mol. The van der Waals surface area contributed by atoms with Crippen LogP contribution in [0, 0.1) is 40.3 Å². The standard InChI is InChI=1S/C45H57F3N4O4/c1-43-19-20-45(47,48)28-30(43)12-13-33-35-14-16-39(44(35,2)18-17-36(33)43)56-25-7-3-4-10-40(53)51-21-23-52(24-22-51)42(55)34-26-29(11-15-37(34)46)27-38-31-8-5-6-9-32(31)41(54)50-49-38/h5-6,8-9,11,15,26,30,33,35-36,39H,3-4,7,10,12-14,16-25,27-28H2,1-2H3,(H,50,54)/t30-,33-,35-,36-,39?,43-,44-/m0/s1. The topological polar surface area (TPSA) is 95.6 Å². The number of benzene rings is 2. The van der Waals surface area contributed by atoms with Crippen LogP contribution in [0.2, 0.25) is 0 Å². The summed E-state index contributed by atoms with van der Waals surface area (Å²) in [6, 6.07) is 11.7. The SMILES string of the molecule is C[C@]12CCC(F)(F)C[C@@H]1CC[C@@H]1[C@@H]2CC[C@]2(C)C(OCCCCCC(=O)N3CCN(C(=O)c4cc(Cc5n[nH]c(=O)c6ccccc56)ccc4F)CC3)CC[C@@H]12. The number of aromatic amines is 1. The van der Waals surface area contributed by atoms with Gasteiger partial charge in [-0.1, -0.05) is 44.5 Å². The predicted octanol–water partition coefficient (Wildman–Crippen LogP) is 8.56. The zero-order valence-electron chi connectivity index (χ0n) is 33.0. The van der Waals surface area contributed by atoms with Crippen molar-refractivity contribution in [1.82, 2.24) is 20.0 Å². The number of ether oxygens (including phenoxy) is 1. The van der Waals surface area contributed by atoms with E-state index in [1.807, 2.05) is 17.0 Å². The summed E-state index contributed by atoms with van der Waals surface area (Å²) in [6.45, 7) is 6.98. The van der Waals surface area contributed by atoms with E-state index in [0.29, 0.717) is 91.8 Å². The molecule has 3 aromatic rings. The number of alkyl halides is 2. The van der Waals surface area contributed by atoms with Gasteiger partial charge < -0.3 is 14.5 Å². The number of halogens is 3. The molecule has 1 unspecified atom stereocenters. The van der Waals surface area contributed by atoms with Crippen LogP contribution in [-0.2, 0) is 16.0 Å². The number of piperazine rings is 1. The number of carbonyl (C=O) groups is 2. The number of rotatable bonds is 10. The van der Waals surface area contributed by atoms with Crippen molar-refractivity contribution in [3.05, 3.63) is 75.5 Å². The third-order valence-corrected chi connectivity index (χ3v) is 15.2. The fourth-order valence-corrected chi connectivity index (χ4v) is 12.0. The first-order chi connectivity index (χ1) is 26.9. The van der Waals surface area contributed by atoms with E-state index in [1.165, 1.54) is 12.5 Å². The van der Waals surface area contributed by atoms with Crippen LogP contribution in [0.15, 0.2) is 47.3 Å². The summed E-state index contributed by atoms with van der Waals surface area (Å²) < 4.78 is 50.3. The Morgan fingerprint density at radius 3 is 2.41 bits per heavy atom. The summed E-state index contributed by atoms with van der Waals surface area (Å²) >= 11 is 0. The molecule has 0 radical (unpaired) electrons. The Bertz CT molecular complexity index is 2000. The predicted molar refractivity (Wildman–Crippen MR) is 209 cm³/mol. The number of carbonyl (C=O) groups excluding carboxylic acids is 2. The lowest BCUT2D eigenvalue weighted by Crippen LogP contribution is -2.55. The normalized spacial score (nSPS) is 31.1. The lowest BCUT2D eigenvalue weighted by atomic mass is 9.45. The fourth-order valence-electron chi connectivity index (χ4n) is 12.0. The van der Waals surface area contributed by atoms with Crippen LogP contribution >= 0.6 is 0 Å². The summed E-state index contributed by atoms with van der Waals surface area (Å²) in [5, 5.41) is 7.98. The Hall–Kier alpha value is -3.73. The molecule has 5 aliphatic rings. The van der Waals surface area contributed by atoms with Gasteiger partial charge in [0.15, 0.2) is 0 Å². The maximum atomic E-state index is 15.0. The van der Waals surface area contributed by atoms with E-state index in [-0.39, 0.29) is 52.7 Å². The Balaban J connectivity index is 0.759. The zero-order chi connectivity index (χ0) is 39.2. The molecule has 7 atom stereocenters. The molecule has 4 aliphatic carbocycles. The molecule has 8 rings (SSSR count). The number of hydrogen-bond donors (Lipinski definition) is 1. The molecule has 56 heavy (non-hydrogen) atoms. The van der Waals surface area contributed by atoms with Crippen molar-refractivity contribution in [3.8, 4) is 0 Å². The maximum Gasteiger partial charge on any atom is 0.272 e. The monoisotopic (exact) mass is 774 g/mol. The third kappa shape index (κ3) is 7.42. The number of H-pyrrole nitrogens is 1. The van der Waals surface area contributed by atoms with Crippen molar-refractivity contribution >= 4 is 22.6 Å². The Kier molecular flexibility index (Phi) is 10.9. The van der Waals surface area contributed by atoms with E-state index in [2.05, 4.69) is 24.0 Å². The summed E-state index contributed by atoms with van der Waals surface area (Å²) in [5.74, 6) is -1.42. The molecule has 1 aliphatic heterocycles. The number of hydrogen-bond acceptors (Lipinski definition) is 5. The van der Waals surface area contributed by atoms with Gasteiger partial charge in [0.2, 0.25) is 11.8 Å². The van der Waals surface area contributed by atoms with E-state index in [1.54, 1.807) is 29.2 Å². The van der Waals surface area contributed by atoms with Crippen molar-refractivity contribution in [2.24, 2.45) is 34.5 Å². The summed E-state index contributed by atoms with van der Waals surface area (Å²) in [4.78, 5) is 42.2. The third-order valence-electron chi connectivity index (χ3n) is 15.2. The Labute approximate surface area is 327 Å². The molecule has 0 bridgehead atoms. The number of amides is 2. The molecule has 2 heterocycles. The maximum absolute atomic E-state index is 15.0. The number of aromatic nitrogens is 2. The van der Waals surface area contributed by atoms with Crippen LogP contribution in [0.3, 0.4) is 0 Å². The molecule has 5 fully saturated rings. The quantitative estimate of drug-likeness (QED) is 0.209. The first-order valence-corrected chi connectivity index (χ1v) is 21.2. The van der Waals surface area contributed by atoms with E-state index in [0.717, 1.165) is 51.4 Å². The second-order valence-electron chi connectivity index (χ2n) is 18.2. The second kappa shape index (κ2) is 15.6. The van der Waals surface area contributed by atoms with Gasteiger partial charge in [-0.2, -0.15) is 5.10 Å². The van der Waals surface area contributed by atoms with Gasteiger partial charge in [0, 0.05) is 63.9 Å². The number of unbranched alkanes of at least 4 members (excludes halogenated alkanes) is 2.